The molecule has 1 aliphatic rings. The van der Waals surface area contributed by atoms with Crippen LogP contribution in [0.25, 0.3) is 0 Å². The molecule has 0 radical (unpaired) electrons. The Balaban J connectivity index is 2.06. The van der Waals surface area contributed by atoms with Crippen molar-refractivity contribution in [3.8, 4) is 0 Å². The molecule has 1 amide bonds. The van der Waals surface area contributed by atoms with Crippen LogP contribution in [0.1, 0.15) is 23.7 Å². The summed E-state index contributed by atoms with van der Waals surface area (Å²) in [6.45, 7) is 2.18. The summed E-state index contributed by atoms with van der Waals surface area (Å²) in [6.07, 6.45) is 0.286. The van der Waals surface area contributed by atoms with E-state index in [1.165, 1.54) is 4.90 Å². The summed E-state index contributed by atoms with van der Waals surface area (Å²) in [5.74, 6) is -1.86. The Morgan fingerprint density at radius 3 is 2.71 bits per heavy atom. The standard InChI is InChI=1S/C15H16ClNO4/c1-2-21-15(20)11-7-8-17(9-13(11)18)14(19)10-5-3-4-6-12(10)16/h3-6,11H,2,7-9H2,1H3. The normalized spacial score (nSPS) is 18.5. The van der Waals surface area contributed by atoms with Gasteiger partial charge in [-0.05, 0) is 25.5 Å². The number of halogens is 1. The number of nitrogens with zero attached hydrogens (tertiary/aromatic N) is 1. The SMILES string of the molecule is CCOC(=O)C1CCN(C(=O)c2ccccc2Cl)CC1=O. The summed E-state index contributed by atoms with van der Waals surface area (Å²) in [5, 5.41) is 0.350. The number of carbonyl (C=O) groups is 3. The summed E-state index contributed by atoms with van der Waals surface area (Å²) in [6, 6.07) is 6.69. The predicted molar refractivity (Wildman–Crippen MR) is 77.1 cm³/mol. The van der Waals surface area contributed by atoms with Gasteiger partial charge in [-0.25, -0.2) is 0 Å². The van der Waals surface area contributed by atoms with Crippen LogP contribution in [0.2, 0.25) is 5.02 Å². The molecule has 2 rings (SSSR count). The molecule has 112 valence electrons. The predicted octanol–water partition coefficient (Wildman–Crippen LogP) is 1.93. The molecule has 1 aliphatic heterocycles. The van der Waals surface area contributed by atoms with Gasteiger partial charge < -0.3 is 9.64 Å². The fourth-order valence-electron chi connectivity index (χ4n) is 2.29. The van der Waals surface area contributed by atoms with E-state index in [1.54, 1.807) is 31.2 Å². The zero-order chi connectivity index (χ0) is 15.4. The molecule has 6 heteroatoms. The molecule has 1 fully saturated rings. The number of rotatable bonds is 3. The first-order valence-corrected chi connectivity index (χ1v) is 7.15. The molecule has 0 N–H and O–H groups in total. The summed E-state index contributed by atoms with van der Waals surface area (Å²) in [5.41, 5.74) is 0.363. The number of amides is 1. The van der Waals surface area contributed by atoms with E-state index in [1.807, 2.05) is 0 Å². The monoisotopic (exact) mass is 309 g/mol. The van der Waals surface area contributed by atoms with Crippen molar-refractivity contribution in [2.45, 2.75) is 13.3 Å². The van der Waals surface area contributed by atoms with Crippen molar-refractivity contribution >= 4 is 29.3 Å². The van der Waals surface area contributed by atoms with Crippen molar-refractivity contribution in [2.24, 2.45) is 5.92 Å². The van der Waals surface area contributed by atoms with Crippen molar-refractivity contribution in [2.75, 3.05) is 19.7 Å². The van der Waals surface area contributed by atoms with Gasteiger partial charge in [0, 0.05) is 6.54 Å². The summed E-state index contributed by atoms with van der Waals surface area (Å²) in [4.78, 5) is 37.4. The number of benzene rings is 1. The average molecular weight is 310 g/mol. The van der Waals surface area contributed by atoms with Crippen LogP contribution in [0.5, 0.6) is 0 Å². The quantitative estimate of drug-likeness (QED) is 0.632. The van der Waals surface area contributed by atoms with Crippen LogP contribution in [0.15, 0.2) is 24.3 Å². The van der Waals surface area contributed by atoms with Crippen LogP contribution < -0.4 is 0 Å². The highest BCUT2D eigenvalue weighted by atomic mass is 35.5. The Morgan fingerprint density at radius 2 is 2.10 bits per heavy atom. The molecule has 0 aliphatic carbocycles. The zero-order valence-electron chi connectivity index (χ0n) is 11.7. The summed E-state index contributed by atoms with van der Waals surface area (Å²) >= 11 is 5.99. The molecular formula is C15H16ClNO4. The molecule has 5 nitrogen and oxygen atoms in total. The van der Waals surface area contributed by atoms with E-state index in [0.29, 0.717) is 17.1 Å². The second kappa shape index (κ2) is 6.72. The van der Waals surface area contributed by atoms with Gasteiger partial charge in [-0.15, -0.1) is 0 Å². The highest BCUT2D eigenvalue weighted by Crippen LogP contribution is 2.21. The fraction of sp³-hybridized carbons (Fsp3) is 0.400. The Morgan fingerprint density at radius 1 is 1.38 bits per heavy atom. The largest absolute Gasteiger partial charge is 0.465 e. The van der Waals surface area contributed by atoms with Crippen molar-refractivity contribution < 1.29 is 19.1 Å². The Labute approximate surface area is 127 Å². The first-order valence-electron chi connectivity index (χ1n) is 6.77. The molecule has 0 bridgehead atoms. The topological polar surface area (TPSA) is 63.7 Å². The van der Waals surface area contributed by atoms with Crippen molar-refractivity contribution in [1.82, 2.24) is 4.90 Å². The second-order valence-electron chi connectivity index (χ2n) is 4.77. The Kier molecular flexibility index (Phi) is 4.96. The lowest BCUT2D eigenvalue weighted by atomic mass is 9.95. The Bertz CT molecular complexity index is 573. The molecule has 1 atom stereocenters. The van der Waals surface area contributed by atoms with E-state index in [4.69, 9.17) is 16.3 Å². The fourth-order valence-corrected chi connectivity index (χ4v) is 2.51. The number of piperidine rings is 1. The van der Waals surface area contributed by atoms with Gasteiger partial charge >= 0.3 is 5.97 Å². The molecule has 1 heterocycles. The van der Waals surface area contributed by atoms with Gasteiger partial charge in [-0.1, -0.05) is 23.7 Å². The van der Waals surface area contributed by atoms with Gasteiger partial charge in [-0.3, -0.25) is 14.4 Å². The van der Waals surface area contributed by atoms with E-state index >= 15 is 0 Å². The van der Waals surface area contributed by atoms with Crippen LogP contribution in [-0.2, 0) is 14.3 Å². The maximum absolute atomic E-state index is 12.3. The van der Waals surface area contributed by atoms with Gasteiger partial charge in [0.2, 0.25) is 0 Å². The smallest absolute Gasteiger partial charge is 0.316 e. The van der Waals surface area contributed by atoms with E-state index in [0.717, 1.165) is 0 Å². The molecule has 1 aromatic rings. The molecule has 1 saturated heterocycles. The van der Waals surface area contributed by atoms with Crippen LogP contribution in [0.4, 0.5) is 0 Å². The molecule has 0 spiro atoms. The van der Waals surface area contributed by atoms with Crippen molar-refractivity contribution in [3.63, 3.8) is 0 Å². The van der Waals surface area contributed by atoms with E-state index < -0.39 is 11.9 Å². The minimum absolute atomic E-state index is 0.0897. The maximum Gasteiger partial charge on any atom is 0.316 e. The number of ether oxygens (including phenoxy) is 1. The van der Waals surface area contributed by atoms with E-state index in [2.05, 4.69) is 0 Å². The van der Waals surface area contributed by atoms with E-state index in [9.17, 15) is 14.4 Å². The van der Waals surface area contributed by atoms with E-state index in [-0.39, 0.29) is 31.3 Å². The second-order valence-corrected chi connectivity index (χ2v) is 5.17. The molecular weight excluding hydrogens is 294 g/mol. The van der Waals surface area contributed by atoms with Crippen LogP contribution in [-0.4, -0.2) is 42.3 Å². The number of esters is 1. The third-order valence-corrected chi connectivity index (χ3v) is 3.72. The van der Waals surface area contributed by atoms with Gasteiger partial charge in [0.15, 0.2) is 5.78 Å². The molecule has 0 aromatic heterocycles. The number of Topliss-reactive ketones (excluding diaryl/α,β-unsaturated/α-hetero) is 1. The molecule has 1 aromatic carbocycles. The van der Waals surface area contributed by atoms with Gasteiger partial charge in [0.05, 0.1) is 23.7 Å². The lowest BCUT2D eigenvalue weighted by Gasteiger charge is -2.30. The van der Waals surface area contributed by atoms with Gasteiger partial charge in [0.1, 0.15) is 5.92 Å². The third kappa shape index (κ3) is 3.42. The van der Waals surface area contributed by atoms with Crippen molar-refractivity contribution in [1.29, 1.82) is 0 Å². The van der Waals surface area contributed by atoms with Crippen LogP contribution in [0.3, 0.4) is 0 Å². The highest BCUT2D eigenvalue weighted by Gasteiger charge is 2.35. The van der Waals surface area contributed by atoms with Crippen LogP contribution in [0, 0.1) is 5.92 Å². The molecule has 0 saturated carbocycles. The lowest BCUT2D eigenvalue weighted by Crippen LogP contribution is -2.46. The number of ketones is 1. The minimum Gasteiger partial charge on any atom is -0.465 e. The lowest BCUT2D eigenvalue weighted by molar-refractivity contribution is -0.153. The highest BCUT2D eigenvalue weighted by molar-refractivity contribution is 6.33. The molecule has 1 unspecified atom stereocenters. The van der Waals surface area contributed by atoms with Gasteiger partial charge in [-0.2, -0.15) is 0 Å². The summed E-state index contributed by atoms with van der Waals surface area (Å²) < 4.78 is 4.87. The third-order valence-electron chi connectivity index (χ3n) is 3.39. The van der Waals surface area contributed by atoms with Gasteiger partial charge in [0.25, 0.3) is 5.91 Å². The minimum atomic E-state index is -0.764. The van der Waals surface area contributed by atoms with Crippen molar-refractivity contribution in [3.05, 3.63) is 34.9 Å². The maximum atomic E-state index is 12.3. The Hall–Kier alpha value is -1.88. The zero-order valence-corrected chi connectivity index (χ0v) is 12.4. The molecule has 21 heavy (non-hydrogen) atoms. The number of likely N-dealkylation sites (tertiary alicyclic amines) is 1. The average Bonchev–Trinajstić information content (AvgIpc) is 2.47. The number of carbonyl (C=O) groups excluding carboxylic acids is 3. The first kappa shape index (κ1) is 15.5. The summed E-state index contributed by atoms with van der Waals surface area (Å²) in [7, 11) is 0. The van der Waals surface area contributed by atoms with Crippen LogP contribution >= 0.6 is 11.6 Å². The first-order chi connectivity index (χ1) is 10.0. The number of hydrogen-bond donors (Lipinski definition) is 0. The number of hydrogen-bond acceptors (Lipinski definition) is 4.